The molecule has 1 N–H and O–H groups in total. The molecule has 35 heavy (non-hydrogen) atoms. The Morgan fingerprint density at radius 2 is 1.60 bits per heavy atom. The van der Waals surface area contributed by atoms with Crippen LogP contribution in [0.4, 0.5) is 4.39 Å². The van der Waals surface area contributed by atoms with Crippen LogP contribution in [0.5, 0.6) is 0 Å². The van der Waals surface area contributed by atoms with Crippen LogP contribution in [-0.2, 0) is 29.0 Å². The average molecular weight is 495 g/mol. The van der Waals surface area contributed by atoms with E-state index >= 15 is 0 Å². The van der Waals surface area contributed by atoms with Crippen molar-refractivity contribution in [3.05, 3.63) is 106 Å². The van der Waals surface area contributed by atoms with Crippen LogP contribution < -0.4 is 5.32 Å². The third-order valence-corrected chi connectivity index (χ3v) is 6.33. The Morgan fingerprint density at radius 3 is 2.29 bits per heavy atom. The lowest BCUT2D eigenvalue weighted by molar-refractivity contribution is -0.141. The van der Waals surface area contributed by atoms with Gasteiger partial charge in [-0.3, -0.25) is 9.59 Å². The monoisotopic (exact) mass is 494 g/mol. The van der Waals surface area contributed by atoms with Gasteiger partial charge in [-0.1, -0.05) is 91.7 Å². The smallest absolute Gasteiger partial charge is 0.243 e. The lowest BCUT2D eigenvalue weighted by atomic mass is 10.0. The van der Waals surface area contributed by atoms with E-state index in [1.165, 1.54) is 11.0 Å². The van der Waals surface area contributed by atoms with E-state index in [1.54, 1.807) is 24.3 Å². The van der Waals surface area contributed by atoms with Crippen LogP contribution in [0.25, 0.3) is 0 Å². The van der Waals surface area contributed by atoms with Gasteiger partial charge in [0.2, 0.25) is 11.8 Å². The third kappa shape index (κ3) is 7.93. The van der Waals surface area contributed by atoms with Gasteiger partial charge in [-0.25, -0.2) is 4.39 Å². The normalized spacial score (nSPS) is 11.6. The first-order valence-corrected chi connectivity index (χ1v) is 12.4. The zero-order chi connectivity index (χ0) is 25.0. The molecule has 1 atom stereocenters. The second-order valence-electron chi connectivity index (χ2n) is 8.55. The minimum Gasteiger partial charge on any atom is -0.354 e. The summed E-state index contributed by atoms with van der Waals surface area (Å²) in [6.07, 6.45) is 2.72. The molecule has 0 aliphatic rings. The Kier molecular flexibility index (Phi) is 10.3. The van der Waals surface area contributed by atoms with Crippen molar-refractivity contribution in [2.45, 2.75) is 51.6 Å². The second-order valence-corrected chi connectivity index (χ2v) is 8.96. The minimum atomic E-state index is -0.771. The number of unbranched alkanes of at least 4 members (excludes halogenated alkanes) is 1. The maximum absolute atomic E-state index is 14.6. The Labute approximate surface area is 212 Å². The third-order valence-electron chi connectivity index (χ3n) is 5.97. The number of halogens is 2. The van der Waals surface area contributed by atoms with Crippen molar-refractivity contribution in [2.24, 2.45) is 0 Å². The molecule has 0 bridgehead atoms. The fourth-order valence-electron chi connectivity index (χ4n) is 3.96. The van der Waals surface area contributed by atoms with Gasteiger partial charge in [-0.2, -0.15) is 0 Å². The van der Waals surface area contributed by atoms with Gasteiger partial charge in [-0.15, -0.1) is 0 Å². The van der Waals surface area contributed by atoms with Crippen molar-refractivity contribution in [3.8, 4) is 0 Å². The van der Waals surface area contributed by atoms with Gasteiger partial charge < -0.3 is 10.2 Å². The van der Waals surface area contributed by atoms with E-state index in [-0.39, 0.29) is 24.8 Å². The molecule has 0 aliphatic carbocycles. The predicted molar refractivity (Wildman–Crippen MR) is 139 cm³/mol. The van der Waals surface area contributed by atoms with Gasteiger partial charge >= 0.3 is 0 Å². The second kappa shape index (κ2) is 13.6. The van der Waals surface area contributed by atoms with Crippen molar-refractivity contribution in [2.75, 3.05) is 6.54 Å². The number of nitrogens with zero attached hydrogens (tertiary/aromatic N) is 1. The molecule has 0 aliphatic heterocycles. The SMILES string of the molecule is CCCCNC(=O)[C@H](Cc1ccccc1)N(Cc1ccccc1F)C(=O)CCc1ccccc1Cl. The molecule has 0 saturated heterocycles. The van der Waals surface area contributed by atoms with Gasteiger partial charge in [0.05, 0.1) is 0 Å². The van der Waals surface area contributed by atoms with E-state index in [9.17, 15) is 14.0 Å². The molecule has 2 amide bonds. The Morgan fingerprint density at radius 1 is 0.943 bits per heavy atom. The average Bonchev–Trinajstić information content (AvgIpc) is 2.87. The highest BCUT2D eigenvalue weighted by Gasteiger charge is 2.30. The van der Waals surface area contributed by atoms with E-state index < -0.39 is 11.9 Å². The molecule has 3 rings (SSSR count). The molecular weight excluding hydrogens is 463 g/mol. The van der Waals surface area contributed by atoms with Crippen molar-refractivity contribution in [3.63, 3.8) is 0 Å². The number of benzene rings is 3. The van der Waals surface area contributed by atoms with Crippen molar-refractivity contribution < 1.29 is 14.0 Å². The molecule has 3 aromatic rings. The standard InChI is InChI=1S/C29H32ClFN2O2/c1-2-3-19-32-29(35)27(20-22-11-5-4-6-12-22)33(21-24-14-8-10-16-26(24)31)28(34)18-17-23-13-7-9-15-25(23)30/h4-16,27H,2-3,17-21H2,1H3,(H,32,35)/t27-/m0/s1. The number of rotatable bonds is 12. The zero-order valence-electron chi connectivity index (χ0n) is 20.1. The van der Waals surface area contributed by atoms with Crippen molar-refractivity contribution in [1.29, 1.82) is 0 Å². The zero-order valence-corrected chi connectivity index (χ0v) is 20.8. The van der Waals surface area contributed by atoms with Crippen LogP contribution in [0.15, 0.2) is 78.9 Å². The van der Waals surface area contributed by atoms with E-state index in [4.69, 9.17) is 11.6 Å². The summed E-state index contributed by atoms with van der Waals surface area (Å²) in [7, 11) is 0. The molecule has 6 heteroatoms. The van der Waals surface area contributed by atoms with E-state index in [1.807, 2.05) is 48.5 Å². The van der Waals surface area contributed by atoms with E-state index in [0.717, 1.165) is 24.0 Å². The number of carbonyl (C=O) groups excluding carboxylic acids is 2. The summed E-state index contributed by atoms with van der Waals surface area (Å²) < 4.78 is 14.6. The first-order chi connectivity index (χ1) is 17.0. The number of hydrogen-bond donors (Lipinski definition) is 1. The van der Waals surface area contributed by atoms with Crippen LogP contribution in [-0.4, -0.2) is 29.3 Å². The lowest BCUT2D eigenvalue weighted by Crippen LogP contribution is -2.50. The minimum absolute atomic E-state index is 0.00667. The summed E-state index contributed by atoms with van der Waals surface area (Å²) in [5, 5.41) is 3.57. The number of hydrogen-bond acceptors (Lipinski definition) is 2. The van der Waals surface area contributed by atoms with Gasteiger partial charge in [0.25, 0.3) is 0 Å². The molecule has 0 saturated carbocycles. The number of aryl methyl sites for hydroxylation is 1. The molecule has 0 aromatic heterocycles. The van der Waals surface area contributed by atoms with E-state index in [2.05, 4.69) is 12.2 Å². The van der Waals surface area contributed by atoms with Crippen LogP contribution in [0, 0.1) is 5.82 Å². The van der Waals surface area contributed by atoms with Gasteiger partial charge in [0.1, 0.15) is 11.9 Å². The van der Waals surface area contributed by atoms with Crippen LogP contribution in [0.1, 0.15) is 42.9 Å². The fourth-order valence-corrected chi connectivity index (χ4v) is 4.19. The molecule has 184 valence electrons. The topological polar surface area (TPSA) is 49.4 Å². The molecule has 3 aromatic carbocycles. The van der Waals surface area contributed by atoms with Crippen molar-refractivity contribution in [1.82, 2.24) is 10.2 Å². The molecule has 0 heterocycles. The molecule has 0 fully saturated rings. The van der Waals surface area contributed by atoms with Gasteiger partial charge in [0, 0.05) is 36.5 Å². The molecule has 0 radical (unpaired) electrons. The maximum atomic E-state index is 14.6. The predicted octanol–water partition coefficient (Wildman–Crippen LogP) is 5.97. The summed E-state index contributed by atoms with van der Waals surface area (Å²) in [4.78, 5) is 28.5. The quantitative estimate of drug-likeness (QED) is 0.315. The highest BCUT2D eigenvalue weighted by atomic mass is 35.5. The summed E-state index contributed by atoms with van der Waals surface area (Å²) in [5.74, 6) is -0.856. The number of nitrogens with one attached hydrogen (secondary N) is 1. The Bertz CT molecular complexity index is 1110. The van der Waals surface area contributed by atoms with E-state index in [0.29, 0.717) is 30.0 Å². The first-order valence-electron chi connectivity index (χ1n) is 12.1. The van der Waals surface area contributed by atoms with Crippen molar-refractivity contribution >= 4 is 23.4 Å². The number of amides is 2. The first kappa shape index (κ1) is 26.4. The Hall–Kier alpha value is -3.18. The summed E-state index contributed by atoms with van der Waals surface area (Å²) in [5.41, 5.74) is 2.17. The van der Waals surface area contributed by atoms with Gasteiger partial charge in [0.15, 0.2) is 0 Å². The lowest BCUT2D eigenvalue weighted by Gasteiger charge is -2.32. The highest BCUT2D eigenvalue weighted by Crippen LogP contribution is 2.21. The number of carbonyl (C=O) groups is 2. The summed E-state index contributed by atoms with van der Waals surface area (Å²) in [6, 6.07) is 22.6. The molecule has 0 unspecified atom stereocenters. The van der Waals surface area contributed by atoms with Gasteiger partial charge in [-0.05, 0) is 36.1 Å². The molecular formula is C29H32ClFN2O2. The summed E-state index contributed by atoms with van der Waals surface area (Å²) in [6.45, 7) is 2.59. The van der Waals surface area contributed by atoms with Crippen LogP contribution in [0.3, 0.4) is 0 Å². The van der Waals surface area contributed by atoms with Crippen LogP contribution >= 0.6 is 11.6 Å². The fraction of sp³-hybridized carbons (Fsp3) is 0.310. The molecule has 4 nitrogen and oxygen atoms in total. The summed E-state index contributed by atoms with van der Waals surface area (Å²) >= 11 is 6.29. The molecule has 0 spiro atoms. The van der Waals surface area contributed by atoms with Crippen LogP contribution in [0.2, 0.25) is 5.02 Å². The largest absolute Gasteiger partial charge is 0.354 e. The Balaban J connectivity index is 1.90. The highest BCUT2D eigenvalue weighted by molar-refractivity contribution is 6.31. The maximum Gasteiger partial charge on any atom is 0.243 e.